The molecule has 0 spiro atoms. The van der Waals surface area contributed by atoms with Gasteiger partial charge in [-0.15, -0.1) is 10.2 Å². The van der Waals surface area contributed by atoms with Gasteiger partial charge in [-0.3, -0.25) is 4.79 Å². The first-order valence-corrected chi connectivity index (χ1v) is 12.3. The standard InChI is InChI=1S/C28H30N6O/c1-4-5-6-11-25-29-24-16-18(2)19(3)27(35)26(24)34(25)17-20-12-14-21(15-13-20)22-9-7-8-10-23(22)28-30-32-33-31-28/h7-10,12-16,19H,4-6,11,17H2,1-3H3,(H,30,31,32,33). The molecule has 7 nitrogen and oxygen atoms in total. The summed E-state index contributed by atoms with van der Waals surface area (Å²) in [4.78, 5) is 18.2. The summed E-state index contributed by atoms with van der Waals surface area (Å²) < 4.78 is 2.15. The first-order valence-electron chi connectivity index (χ1n) is 12.3. The van der Waals surface area contributed by atoms with Crippen LogP contribution in [0.1, 0.15) is 67.6 Å². The number of aromatic nitrogens is 6. The van der Waals surface area contributed by atoms with E-state index in [1.54, 1.807) is 0 Å². The third kappa shape index (κ3) is 4.46. The number of rotatable bonds is 8. The zero-order chi connectivity index (χ0) is 24.4. The molecule has 0 bridgehead atoms. The number of carbonyl (C=O) groups excluding carboxylic acids is 1. The highest BCUT2D eigenvalue weighted by atomic mass is 16.1. The van der Waals surface area contributed by atoms with Gasteiger partial charge in [-0.2, -0.15) is 5.21 Å². The van der Waals surface area contributed by atoms with E-state index in [9.17, 15) is 4.79 Å². The Morgan fingerprint density at radius 3 is 2.51 bits per heavy atom. The smallest absolute Gasteiger partial charge is 0.205 e. The van der Waals surface area contributed by atoms with E-state index in [2.05, 4.69) is 68.5 Å². The molecule has 4 aromatic rings. The van der Waals surface area contributed by atoms with Crippen molar-refractivity contribution in [3.63, 3.8) is 0 Å². The van der Waals surface area contributed by atoms with Crippen LogP contribution in [0.2, 0.25) is 0 Å². The lowest BCUT2D eigenvalue weighted by Gasteiger charge is -2.19. The van der Waals surface area contributed by atoms with Crippen LogP contribution in [0.5, 0.6) is 0 Å². The Morgan fingerprint density at radius 1 is 1.03 bits per heavy atom. The van der Waals surface area contributed by atoms with E-state index in [4.69, 9.17) is 4.98 Å². The van der Waals surface area contributed by atoms with Crippen LogP contribution in [0, 0.1) is 5.92 Å². The van der Waals surface area contributed by atoms with E-state index in [-0.39, 0.29) is 11.7 Å². The van der Waals surface area contributed by atoms with Gasteiger partial charge in [0.05, 0.1) is 5.69 Å². The monoisotopic (exact) mass is 466 g/mol. The van der Waals surface area contributed by atoms with Crippen molar-refractivity contribution in [3.8, 4) is 22.5 Å². The van der Waals surface area contributed by atoms with E-state index in [0.29, 0.717) is 12.4 Å². The van der Waals surface area contributed by atoms with Crippen molar-refractivity contribution in [1.82, 2.24) is 30.2 Å². The van der Waals surface area contributed by atoms with Crippen LogP contribution in [-0.4, -0.2) is 36.0 Å². The third-order valence-corrected chi connectivity index (χ3v) is 6.87. The number of allylic oxidation sites excluding steroid dienone is 1. The van der Waals surface area contributed by atoms with Gasteiger partial charge in [0.1, 0.15) is 11.5 Å². The molecule has 0 fully saturated rings. The van der Waals surface area contributed by atoms with Gasteiger partial charge in [-0.05, 0) is 41.3 Å². The Hall–Kier alpha value is -3.87. The summed E-state index contributed by atoms with van der Waals surface area (Å²) in [6.07, 6.45) is 6.35. The van der Waals surface area contributed by atoms with Crippen molar-refractivity contribution in [2.75, 3.05) is 0 Å². The van der Waals surface area contributed by atoms with Crippen molar-refractivity contribution in [2.24, 2.45) is 5.92 Å². The number of unbranched alkanes of at least 4 members (excludes halogenated alkanes) is 2. The highest BCUT2D eigenvalue weighted by Crippen LogP contribution is 2.32. The number of Topliss-reactive ketones (excluding diaryl/α,β-unsaturated/α-hetero) is 1. The number of imidazole rings is 1. The highest BCUT2D eigenvalue weighted by Gasteiger charge is 2.30. The third-order valence-electron chi connectivity index (χ3n) is 6.87. The van der Waals surface area contributed by atoms with E-state index in [1.165, 1.54) is 0 Å². The lowest BCUT2D eigenvalue weighted by atomic mass is 9.89. The Labute approximate surface area is 205 Å². The van der Waals surface area contributed by atoms with Gasteiger partial charge >= 0.3 is 0 Å². The number of nitrogens with one attached hydrogen (secondary N) is 1. The van der Waals surface area contributed by atoms with Crippen LogP contribution in [0.25, 0.3) is 28.6 Å². The first kappa shape index (κ1) is 22.9. The predicted molar refractivity (Wildman–Crippen MR) is 137 cm³/mol. The minimum absolute atomic E-state index is 0.106. The molecule has 2 aromatic heterocycles. The van der Waals surface area contributed by atoms with Gasteiger partial charge in [0.25, 0.3) is 0 Å². The Balaban J connectivity index is 1.47. The van der Waals surface area contributed by atoms with Crippen LogP contribution in [0.4, 0.5) is 0 Å². The average molecular weight is 467 g/mol. The van der Waals surface area contributed by atoms with Crippen LogP contribution in [0.15, 0.2) is 54.1 Å². The van der Waals surface area contributed by atoms with E-state index in [1.807, 2.05) is 32.0 Å². The molecular weight excluding hydrogens is 436 g/mol. The Bertz CT molecular complexity index is 1370. The molecule has 5 rings (SSSR count). The largest absolute Gasteiger partial charge is 0.321 e. The van der Waals surface area contributed by atoms with Crippen LogP contribution in [-0.2, 0) is 13.0 Å². The molecule has 0 radical (unpaired) electrons. The quantitative estimate of drug-likeness (QED) is 0.334. The van der Waals surface area contributed by atoms with Crippen LogP contribution in [0.3, 0.4) is 0 Å². The zero-order valence-corrected chi connectivity index (χ0v) is 20.5. The molecule has 0 saturated carbocycles. The number of aromatic amines is 1. The Kier molecular flexibility index (Phi) is 6.40. The number of hydrogen-bond acceptors (Lipinski definition) is 5. The lowest BCUT2D eigenvalue weighted by Crippen LogP contribution is -2.22. The van der Waals surface area contributed by atoms with Gasteiger partial charge in [0, 0.05) is 24.4 Å². The second-order valence-corrected chi connectivity index (χ2v) is 9.26. The highest BCUT2D eigenvalue weighted by molar-refractivity contribution is 6.03. The molecule has 2 aromatic carbocycles. The fraction of sp³-hybridized carbons (Fsp3) is 0.321. The summed E-state index contributed by atoms with van der Waals surface area (Å²) in [5, 5.41) is 14.5. The minimum Gasteiger partial charge on any atom is -0.321 e. The number of tetrazole rings is 1. The molecule has 1 N–H and O–H groups in total. The van der Waals surface area contributed by atoms with Gasteiger partial charge in [0.15, 0.2) is 5.78 Å². The van der Waals surface area contributed by atoms with Crippen LogP contribution >= 0.6 is 0 Å². The molecule has 0 aliphatic heterocycles. The van der Waals surface area contributed by atoms with Crippen molar-refractivity contribution in [1.29, 1.82) is 0 Å². The number of H-pyrrole nitrogens is 1. The van der Waals surface area contributed by atoms with Gasteiger partial charge in [-0.25, -0.2) is 4.98 Å². The maximum absolute atomic E-state index is 13.2. The summed E-state index contributed by atoms with van der Waals surface area (Å²) >= 11 is 0. The molecule has 35 heavy (non-hydrogen) atoms. The second kappa shape index (κ2) is 9.78. The fourth-order valence-corrected chi connectivity index (χ4v) is 4.70. The Morgan fingerprint density at radius 2 is 1.80 bits per heavy atom. The molecule has 1 atom stereocenters. The lowest BCUT2D eigenvalue weighted by molar-refractivity contribution is 0.0937. The number of ketones is 1. The molecule has 0 saturated heterocycles. The van der Waals surface area contributed by atoms with Crippen molar-refractivity contribution >= 4 is 11.9 Å². The maximum atomic E-state index is 13.2. The number of nitrogens with zero attached hydrogens (tertiary/aromatic N) is 5. The van der Waals surface area contributed by atoms with Crippen molar-refractivity contribution in [2.45, 2.75) is 53.0 Å². The predicted octanol–water partition coefficient (Wildman–Crippen LogP) is 5.75. The molecule has 2 heterocycles. The van der Waals surface area contributed by atoms with Crippen molar-refractivity contribution < 1.29 is 4.79 Å². The zero-order valence-electron chi connectivity index (χ0n) is 20.5. The molecule has 178 valence electrons. The van der Waals surface area contributed by atoms with Gasteiger partial charge in [-0.1, -0.05) is 80.8 Å². The summed E-state index contributed by atoms with van der Waals surface area (Å²) in [5.41, 5.74) is 6.84. The van der Waals surface area contributed by atoms with E-state index in [0.717, 1.165) is 70.7 Å². The number of benzene rings is 2. The second-order valence-electron chi connectivity index (χ2n) is 9.26. The van der Waals surface area contributed by atoms with Crippen LogP contribution < -0.4 is 0 Å². The van der Waals surface area contributed by atoms with E-state index >= 15 is 0 Å². The minimum atomic E-state index is -0.106. The molecule has 7 heteroatoms. The fourth-order valence-electron chi connectivity index (χ4n) is 4.70. The summed E-state index contributed by atoms with van der Waals surface area (Å²) in [5.74, 6) is 1.63. The van der Waals surface area contributed by atoms with E-state index < -0.39 is 0 Å². The van der Waals surface area contributed by atoms with Gasteiger partial charge in [0.2, 0.25) is 5.82 Å². The number of carbonyl (C=O) groups is 1. The summed E-state index contributed by atoms with van der Waals surface area (Å²) in [6, 6.07) is 16.5. The summed E-state index contributed by atoms with van der Waals surface area (Å²) in [6.45, 7) is 6.84. The molecular formula is C28H30N6O. The molecule has 1 aliphatic carbocycles. The first-order chi connectivity index (χ1) is 17.1. The molecule has 1 aliphatic rings. The van der Waals surface area contributed by atoms with Crippen molar-refractivity contribution in [3.05, 3.63) is 76.9 Å². The van der Waals surface area contributed by atoms with Gasteiger partial charge < -0.3 is 4.57 Å². The average Bonchev–Trinajstić information content (AvgIpc) is 3.52. The normalized spacial score (nSPS) is 15.2. The summed E-state index contributed by atoms with van der Waals surface area (Å²) in [7, 11) is 0. The topological polar surface area (TPSA) is 89.3 Å². The number of hydrogen-bond donors (Lipinski definition) is 1. The molecule has 0 amide bonds. The SMILES string of the molecule is CCCCCc1nc2c(n1Cc1ccc(-c3ccccc3-c3nn[nH]n3)cc1)C(=O)C(C)C(C)=C2. The molecule has 1 unspecified atom stereocenters. The number of fused-ring (bicyclic) bond motifs is 1. The maximum Gasteiger partial charge on any atom is 0.205 e. The number of aryl methyl sites for hydroxylation is 1.